The Morgan fingerprint density at radius 3 is 2.89 bits per heavy atom. The summed E-state index contributed by atoms with van der Waals surface area (Å²) in [6, 6.07) is 2.32. The number of fused-ring (bicyclic) bond motifs is 3. The van der Waals surface area contributed by atoms with Gasteiger partial charge in [0.1, 0.15) is 17.4 Å². The van der Waals surface area contributed by atoms with Crippen molar-refractivity contribution in [3.8, 4) is 0 Å². The number of nitrogens with zero attached hydrogens (tertiary/aromatic N) is 3. The van der Waals surface area contributed by atoms with Crippen LogP contribution in [-0.4, -0.2) is 38.9 Å². The van der Waals surface area contributed by atoms with Crippen molar-refractivity contribution >= 4 is 38.7 Å². The molecule has 4 rings (SSSR count). The van der Waals surface area contributed by atoms with Gasteiger partial charge in [-0.2, -0.15) is 0 Å². The van der Waals surface area contributed by atoms with Crippen molar-refractivity contribution in [2.75, 3.05) is 13.2 Å². The molecule has 0 spiro atoms. The van der Waals surface area contributed by atoms with Crippen LogP contribution >= 0.6 is 11.3 Å². The minimum Gasteiger partial charge on any atom is -0.450 e. The van der Waals surface area contributed by atoms with Gasteiger partial charge < -0.3 is 19.7 Å². The van der Waals surface area contributed by atoms with Crippen LogP contribution in [0.4, 0.5) is 4.79 Å². The molecule has 1 amide bonds. The molecule has 0 aromatic carbocycles. The smallest absolute Gasteiger partial charge is 0.407 e. The van der Waals surface area contributed by atoms with E-state index in [2.05, 4.69) is 20.2 Å². The minimum absolute atomic E-state index is 0.293. The molecule has 8 heteroatoms. The average Bonchev–Trinajstić information content (AvgIpc) is 3.31. The average molecular weight is 403 g/mol. The molecular formula is C20H26N4O3S. The van der Waals surface area contributed by atoms with E-state index in [9.17, 15) is 9.90 Å². The van der Waals surface area contributed by atoms with Crippen LogP contribution in [0.3, 0.4) is 0 Å². The molecule has 1 atom stereocenters. The number of nitrogens with one attached hydrogen (secondary N) is 1. The Hall–Kier alpha value is -2.19. The number of amides is 1. The van der Waals surface area contributed by atoms with E-state index in [0.29, 0.717) is 30.9 Å². The van der Waals surface area contributed by atoms with Crippen LogP contribution in [0.15, 0.2) is 17.6 Å². The van der Waals surface area contributed by atoms with Gasteiger partial charge in [-0.05, 0) is 56.9 Å². The summed E-state index contributed by atoms with van der Waals surface area (Å²) in [5.41, 5.74) is 2.91. The number of ether oxygens (including phenoxy) is 1. The maximum absolute atomic E-state index is 11.5. The fourth-order valence-corrected chi connectivity index (χ4v) is 5.07. The molecule has 1 aliphatic carbocycles. The van der Waals surface area contributed by atoms with Crippen LogP contribution in [0.5, 0.6) is 0 Å². The topological polar surface area (TPSA) is 89.3 Å². The zero-order chi connectivity index (χ0) is 19.7. The summed E-state index contributed by atoms with van der Waals surface area (Å²) in [5, 5.41) is 15.3. The second-order valence-electron chi connectivity index (χ2n) is 7.42. The highest BCUT2D eigenvalue weighted by Crippen LogP contribution is 2.39. The van der Waals surface area contributed by atoms with E-state index in [1.807, 2.05) is 12.3 Å². The lowest BCUT2D eigenvalue weighted by molar-refractivity contribution is 0.147. The molecule has 0 aliphatic heterocycles. The number of aliphatic hydroxyl groups excluding tert-OH is 1. The summed E-state index contributed by atoms with van der Waals surface area (Å²) in [6.07, 6.45) is 4.87. The fourth-order valence-electron chi connectivity index (χ4n) is 4.18. The van der Waals surface area contributed by atoms with Gasteiger partial charge in [0.05, 0.1) is 28.5 Å². The van der Waals surface area contributed by atoms with Crippen LogP contribution in [0.25, 0.3) is 21.3 Å². The number of thiophene rings is 1. The van der Waals surface area contributed by atoms with Crippen molar-refractivity contribution in [1.29, 1.82) is 0 Å². The quantitative estimate of drug-likeness (QED) is 0.668. The number of pyridine rings is 1. The second kappa shape index (κ2) is 8.05. The maximum Gasteiger partial charge on any atom is 0.407 e. The van der Waals surface area contributed by atoms with Crippen molar-refractivity contribution in [1.82, 2.24) is 19.9 Å². The summed E-state index contributed by atoms with van der Waals surface area (Å²) in [5.74, 6) is 1.17. The largest absolute Gasteiger partial charge is 0.450 e. The number of rotatable bonds is 5. The Kier molecular flexibility index (Phi) is 5.50. The molecular weight excluding hydrogens is 376 g/mol. The van der Waals surface area contributed by atoms with Crippen LogP contribution in [0.1, 0.15) is 57.5 Å². The highest BCUT2D eigenvalue weighted by Gasteiger charge is 2.28. The van der Waals surface area contributed by atoms with Crippen molar-refractivity contribution in [2.24, 2.45) is 5.92 Å². The van der Waals surface area contributed by atoms with Crippen LogP contribution in [0.2, 0.25) is 0 Å². The molecule has 1 aliphatic rings. The first-order valence-corrected chi connectivity index (χ1v) is 10.8. The number of aliphatic hydroxyl groups is 1. The van der Waals surface area contributed by atoms with Gasteiger partial charge in [0.15, 0.2) is 0 Å². The highest BCUT2D eigenvalue weighted by atomic mass is 32.1. The lowest BCUT2D eigenvalue weighted by Gasteiger charge is -2.31. The van der Waals surface area contributed by atoms with Gasteiger partial charge in [-0.15, -0.1) is 11.3 Å². The predicted octanol–water partition coefficient (Wildman–Crippen LogP) is 4.18. The van der Waals surface area contributed by atoms with Crippen molar-refractivity contribution in [3.05, 3.63) is 23.5 Å². The number of hydrogen-bond acceptors (Lipinski definition) is 6. The maximum atomic E-state index is 11.5. The Bertz CT molecular complexity index is 973. The van der Waals surface area contributed by atoms with E-state index < -0.39 is 6.10 Å². The van der Waals surface area contributed by atoms with Crippen LogP contribution in [0, 0.1) is 5.92 Å². The predicted molar refractivity (Wildman–Crippen MR) is 110 cm³/mol. The van der Waals surface area contributed by atoms with E-state index in [4.69, 9.17) is 9.72 Å². The second-order valence-corrected chi connectivity index (χ2v) is 8.34. The van der Waals surface area contributed by atoms with Crippen LogP contribution in [-0.2, 0) is 4.74 Å². The molecule has 3 heterocycles. The molecule has 1 fully saturated rings. The summed E-state index contributed by atoms with van der Waals surface area (Å²) >= 11 is 1.67. The third kappa shape index (κ3) is 3.58. The van der Waals surface area contributed by atoms with Crippen LogP contribution < -0.4 is 5.32 Å². The molecule has 0 unspecified atom stereocenters. The molecule has 28 heavy (non-hydrogen) atoms. The number of carbonyl (C=O) groups is 1. The van der Waals surface area contributed by atoms with Gasteiger partial charge in [0.25, 0.3) is 0 Å². The van der Waals surface area contributed by atoms with Gasteiger partial charge >= 0.3 is 6.09 Å². The highest BCUT2D eigenvalue weighted by molar-refractivity contribution is 7.18. The molecule has 0 saturated heterocycles. The van der Waals surface area contributed by atoms with Gasteiger partial charge in [-0.1, -0.05) is 0 Å². The van der Waals surface area contributed by atoms with E-state index in [0.717, 1.165) is 46.9 Å². The molecule has 0 radical (unpaired) electrons. The first kappa shape index (κ1) is 19.1. The van der Waals surface area contributed by atoms with Gasteiger partial charge in [-0.25, -0.2) is 9.78 Å². The Morgan fingerprint density at radius 2 is 2.18 bits per heavy atom. The van der Waals surface area contributed by atoms with Crippen molar-refractivity contribution in [2.45, 2.75) is 51.7 Å². The monoisotopic (exact) mass is 402 g/mol. The lowest BCUT2D eigenvalue weighted by atomic mass is 9.85. The normalized spacial score (nSPS) is 21.1. The summed E-state index contributed by atoms with van der Waals surface area (Å²) in [6.45, 7) is 4.62. The first-order valence-electron chi connectivity index (χ1n) is 9.91. The molecule has 7 nitrogen and oxygen atoms in total. The van der Waals surface area contributed by atoms with Crippen molar-refractivity contribution in [3.63, 3.8) is 0 Å². The number of hydrogen-bond donors (Lipinski definition) is 2. The molecule has 2 N–H and O–H groups in total. The zero-order valence-electron chi connectivity index (χ0n) is 16.2. The first-order chi connectivity index (χ1) is 13.6. The van der Waals surface area contributed by atoms with E-state index in [1.54, 1.807) is 25.2 Å². The molecule has 3 aromatic heterocycles. The standard InChI is InChI=1S/C20H26N4O3S/c1-3-27-20(26)22-10-13-4-6-14(7-5-13)24-17-16(23-19(24)12(2)25)11-21-15-8-9-28-18(15)17/h8-9,11-14,25H,3-7,10H2,1-2H3,(H,22,26)/t12-,13?,14?/m1/s1. The van der Waals surface area contributed by atoms with Crippen molar-refractivity contribution < 1.29 is 14.6 Å². The molecule has 3 aromatic rings. The number of alkyl carbamates (subject to hydrolysis) is 1. The minimum atomic E-state index is -0.634. The number of aromatic nitrogens is 3. The Balaban J connectivity index is 1.57. The van der Waals surface area contributed by atoms with Gasteiger partial charge in [0, 0.05) is 12.6 Å². The third-order valence-corrected chi connectivity index (χ3v) is 6.43. The van der Waals surface area contributed by atoms with E-state index >= 15 is 0 Å². The SMILES string of the molecule is CCOC(=O)NCC1CCC(n2c([C@@H](C)O)nc3cnc4ccsc4c32)CC1. The summed E-state index contributed by atoms with van der Waals surface area (Å²) < 4.78 is 8.31. The van der Waals surface area contributed by atoms with E-state index in [-0.39, 0.29) is 6.09 Å². The lowest BCUT2D eigenvalue weighted by Crippen LogP contribution is -2.32. The summed E-state index contributed by atoms with van der Waals surface area (Å²) in [7, 11) is 0. The molecule has 150 valence electrons. The number of imidazole rings is 1. The third-order valence-electron chi connectivity index (χ3n) is 5.52. The van der Waals surface area contributed by atoms with E-state index in [1.165, 1.54) is 0 Å². The number of carbonyl (C=O) groups excluding carboxylic acids is 1. The van der Waals surface area contributed by atoms with Gasteiger partial charge in [-0.3, -0.25) is 4.98 Å². The Labute approximate surface area is 167 Å². The fraction of sp³-hybridized carbons (Fsp3) is 0.550. The Morgan fingerprint density at radius 1 is 1.39 bits per heavy atom. The van der Waals surface area contributed by atoms with Gasteiger partial charge in [0.2, 0.25) is 0 Å². The molecule has 0 bridgehead atoms. The molecule has 1 saturated carbocycles. The zero-order valence-corrected chi connectivity index (χ0v) is 17.0. The summed E-state index contributed by atoms with van der Waals surface area (Å²) in [4.78, 5) is 20.7.